The smallest absolute Gasteiger partial charge is 0.329 e. The number of ether oxygens (including phenoxy) is 2. The van der Waals surface area contributed by atoms with Crippen LogP contribution in [0.5, 0.6) is 0 Å². The van der Waals surface area contributed by atoms with Crippen molar-refractivity contribution in [2.45, 2.75) is 11.8 Å². The molecule has 0 spiro atoms. The quantitative estimate of drug-likeness (QED) is 0.506. The number of nitrogens with one attached hydrogen (secondary N) is 2. The molecule has 2 N–H and O–H groups in total. The number of esters is 2. The van der Waals surface area contributed by atoms with Gasteiger partial charge in [0.25, 0.3) is 11.8 Å². The normalized spacial score (nSPS) is 11.1. The second-order valence-corrected chi connectivity index (χ2v) is 7.38. The van der Waals surface area contributed by atoms with Gasteiger partial charge in [0, 0.05) is 17.1 Å². The summed E-state index contributed by atoms with van der Waals surface area (Å²) in [5, 5.41) is 4.91. The summed E-state index contributed by atoms with van der Waals surface area (Å²) in [6, 6.07) is 17.2. The molecule has 31 heavy (non-hydrogen) atoms. The fourth-order valence-corrected chi connectivity index (χ4v) is 3.46. The van der Waals surface area contributed by atoms with Crippen LogP contribution in [0, 0.1) is 0 Å². The van der Waals surface area contributed by atoms with E-state index in [1.165, 1.54) is 18.9 Å². The molecule has 164 valence electrons. The van der Waals surface area contributed by atoms with Crippen molar-refractivity contribution < 1.29 is 28.7 Å². The van der Waals surface area contributed by atoms with Gasteiger partial charge in [-0.3, -0.25) is 14.4 Å². The number of amides is 2. The molecule has 8 nitrogen and oxygen atoms in total. The summed E-state index contributed by atoms with van der Waals surface area (Å²) in [7, 11) is 1.23. The van der Waals surface area contributed by atoms with Gasteiger partial charge in [0.1, 0.15) is 12.6 Å². The second kappa shape index (κ2) is 13.1. The van der Waals surface area contributed by atoms with Gasteiger partial charge in [0.05, 0.1) is 7.11 Å². The van der Waals surface area contributed by atoms with Gasteiger partial charge in [0.2, 0.25) is 0 Å². The molecule has 2 aromatic carbocycles. The molecule has 2 amide bonds. The van der Waals surface area contributed by atoms with Gasteiger partial charge in [-0.2, -0.15) is 11.8 Å². The van der Waals surface area contributed by atoms with Crippen LogP contribution in [-0.2, 0) is 29.6 Å². The molecule has 0 aliphatic rings. The lowest BCUT2D eigenvalue weighted by atomic mass is 10.2. The Morgan fingerprint density at radius 2 is 1.61 bits per heavy atom. The Kier molecular flexibility index (Phi) is 10.1. The third-order valence-electron chi connectivity index (χ3n) is 4.01. The van der Waals surface area contributed by atoms with Crippen molar-refractivity contribution in [3.05, 3.63) is 71.8 Å². The van der Waals surface area contributed by atoms with E-state index in [4.69, 9.17) is 9.47 Å². The predicted molar refractivity (Wildman–Crippen MR) is 116 cm³/mol. The number of rotatable bonds is 11. The number of hydrogen-bond donors (Lipinski definition) is 2. The maximum absolute atomic E-state index is 12.1. The minimum Gasteiger partial charge on any atom is -0.467 e. The van der Waals surface area contributed by atoms with Crippen LogP contribution in [0.2, 0.25) is 0 Å². The van der Waals surface area contributed by atoms with Gasteiger partial charge >= 0.3 is 11.9 Å². The lowest BCUT2D eigenvalue weighted by molar-refractivity contribution is -0.149. The number of benzene rings is 2. The first-order valence-electron chi connectivity index (χ1n) is 9.47. The highest BCUT2D eigenvalue weighted by molar-refractivity contribution is 7.98. The summed E-state index contributed by atoms with van der Waals surface area (Å²) in [4.78, 5) is 47.7. The summed E-state index contributed by atoms with van der Waals surface area (Å²) in [5.41, 5.74) is 1.50. The third kappa shape index (κ3) is 8.91. The number of methoxy groups -OCH3 is 1. The average Bonchev–Trinajstić information content (AvgIpc) is 2.81. The standard InChI is InChI=1S/C22H24N2O6S/c1-29-22(28)18(15-31-14-16-8-4-2-5-9-16)24-19(25)13-30-20(26)12-23-21(27)17-10-6-3-7-11-17/h2-11,18H,12-15H2,1H3,(H,23,27)(H,24,25). The van der Waals surface area contributed by atoms with E-state index in [-0.39, 0.29) is 6.54 Å². The Balaban J connectivity index is 1.72. The van der Waals surface area contributed by atoms with Crippen LogP contribution in [0.3, 0.4) is 0 Å². The molecular formula is C22H24N2O6S. The van der Waals surface area contributed by atoms with Crippen molar-refractivity contribution in [3.8, 4) is 0 Å². The van der Waals surface area contributed by atoms with Crippen LogP contribution in [0.4, 0.5) is 0 Å². The predicted octanol–water partition coefficient (Wildman–Crippen LogP) is 1.55. The fraction of sp³-hybridized carbons (Fsp3) is 0.273. The molecule has 0 aliphatic carbocycles. The van der Waals surface area contributed by atoms with Crippen molar-refractivity contribution in [1.82, 2.24) is 10.6 Å². The van der Waals surface area contributed by atoms with E-state index >= 15 is 0 Å². The van der Waals surface area contributed by atoms with Gasteiger partial charge in [-0.25, -0.2) is 4.79 Å². The van der Waals surface area contributed by atoms with E-state index in [1.54, 1.807) is 30.3 Å². The summed E-state index contributed by atoms with van der Waals surface area (Å²) in [5.74, 6) is -1.46. The first-order chi connectivity index (χ1) is 15.0. The molecule has 0 aliphatic heterocycles. The summed E-state index contributed by atoms with van der Waals surface area (Å²) in [6.07, 6.45) is 0. The lowest BCUT2D eigenvalue weighted by Crippen LogP contribution is -2.45. The molecule has 1 unspecified atom stereocenters. The topological polar surface area (TPSA) is 111 Å². The highest BCUT2D eigenvalue weighted by Crippen LogP contribution is 2.13. The molecule has 0 saturated carbocycles. The Labute approximate surface area is 184 Å². The third-order valence-corrected chi connectivity index (χ3v) is 5.12. The van der Waals surface area contributed by atoms with Gasteiger partial charge in [0.15, 0.2) is 6.61 Å². The molecule has 0 saturated heterocycles. The van der Waals surface area contributed by atoms with Crippen molar-refractivity contribution in [2.75, 3.05) is 26.0 Å². The Morgan fingerprint density at radius 1 is 0.968 bits per heavy atom. The summed E-state index contributed by atoms with van der Waals surface area (Å²) >= 11 is 1.46. The summed E-state index contributed by atoms with van der Waals surface area (Å²) in [6.45, 7) is -0.953. The first-order valence-corrected chi connectivity index (χ1v) is 10.6. The molecule has 2 rings (SSSR count). The Bertz CT molecular complexity index is 876. The zero-order valence-corrected chi connectivity index (χ0v) is 17.9. The van der Waals surface area contributed by atoms with Crippen molar-refractivity contribution in [3.63, 3.8) is 0 Å². The zero-order chi connectivity index (χ0) is 22.5. The van der Waals surface area contributed by atoms with Gasteiger partial charge in [-0.05, 0) is 17.7 Å². The molecule has 0 heterocycles. The van der Waals surface area contributed by atoms with E-state index in [9.17, 15) is 19.2 Å². The molecule has 0 aromatic heterocycles. The van der Waals surface area contributed by atoms with E-state index < -0.39 is 36.4 Å². The van der Waals surface area contributed by atoms with E-state index in [0.717, 1.165) is 5.56 Å². The van der Waals surface area contributed by atoms with Crippen LogP contribution in [-0.4, -0.2) is 55.8 Å². The molecule has 0 bridgehead atoms. The maximum atomic E-state index is 12.1. The number of hydrogen-bond acceptors (Lipinski definition) is 7. The SMILES string of the molecule is COC(=O)C(CSCc1ccccc1)NC(=O)COC(=O)CNC(=O)c1ccccc1. The zero-order valence-electron chi connectivity index (χ0n) is 17.0. The van der Waals surface area contributed by atoms with Crippen molar-refractivity contribution >= 4 is 35.5 Å². The van der Waals surface area contributed by atoms with Gasteiger partial charge < -0.3 is 20.1 Å². The van der Waals surface area contributed by atoms with E-state index in [0.29, 0.717) is 17.1 Å². The largest absolute Gasteiger partial charge is 0.467 e. The van der Waals surface area contributed by atoms with E-state index in [2.05, 4.69) is 10.6 Å². The molecule has 9 heteroatoms. The van der Waals surface area contributed by atoms with Gasteiger partial charge in [-0.15, -0.1) is 0 Å². The fourth-order valence-electron chi connectivity index (χ4n) is 2.46. The highest BCUT2D eigenvalue weighted by atomic mass is 32.2. The molecule has 1 atom stereocenters. The maximum Gasteiger partial charge on any atom is 0.329 e. The Morgan fingerprint density at radius 3 is 2.26 bits per heavy atom. The van der Waals surface area contributed by atoms with Crippen molar-refractivity contribution in [2.24, 2.45) is 0 Å². The molecule has 0 radical (unpaired) electrons. The van der Waals surface area contributed by atoms with Crippen LogP contribution in [0.1, 0.15) is 15.9 Å². The minimum absolute atomic E-state index is 0.300. The van der Waals surface area contributed by atoms with E-state index in [1.807, 2.05) is 30.3 Å². The summed E-state index contributed by atoms with van der Waals surface area (Å²) < 4.78 is 9.58. The van der Waals surface area contributed by atoms with Crippen LogP contribution in [0.25, 0.3) is 0 Å². The van der Waals surface area contributed by atoms with Crippen molar-refractivity contribution in [1.29, 1.82) is 0 Å². The molecule has 2 aromatic rings. The minimum atomic E-state index is -0.873. The monoisotopic (exact) mass is 444 g/mol. The number of carbonyl (C=O) groups excluding carboxylic acids is 4. The van der Waals surface area contributed by atoms with Crippen LogP contribution < -0.4 is 10.6 Å². The highest BCUT2D eigenvalue weighted by Gasteiger charge is 2.22. The van der Waals surface area contributed by atoms with Crippen LogP contribution >= 0.6 is 11.8 Å². The van der Waals surface area contributed by atoms with Gasteiger partial charge in [-0.1, -0.05) is 48.5 Å². The number of thioether (sulfide) groups is 1. The Hall–Kier alpha value is -3.33. The molecular weight excluding hydrogens is 420 g/mol. The molecule has 0 fully saturated rings. The lowest BCUT2D eigenvalue weighted by Gasteiger charge is -2.16. The number of carbonyl (C=O) groups is 4. The average molecular weight is 445 g/mol. The second-order valence-electron chi connectivity index (χ2n) is 6.35. The first kappa shape index (κ1) is 23.9. The van der Waals surface area contributed by atoms with Crippen LogP contribution in [0.15, 0.2) is 60.7 Å².